The number of hydrogen-bond donors (Lipinski definition) is 1. The lowest BCUT2D eigenvalue weighted by molar-refractivity contribution is -0.413. The molecule has 5 nitrogen and oxygen atoms in total. The van der Waals surface area contributed by atoms with Gasteiger partial charge in [0.05, 0.1) is 0 Å². The van der Waals surface area contributed by atoms with Crippen molar-refractivity contribution < 1.29 is 43.1 Å². The number of nitrogens with one attached hydrogen (secondary N) is 1. The van der Waals surface area contributed by atoms with Crippen LogP contribution in [-0.2, 0) is 30.9 Å². The van der Waals surface area contributed by atoms with Crippen LogP contribution >= 0.6 is 0 Å². The lowest BCUT2D eigenvalue weighted by Crippen LogP contribution is -2.59. The summed E-state index contributed by atoms with van der Waals surface area (Å²) < 4.78 is 102. The fraction of sp³-hybridized carbons (Fsp3) is 1.00. The normalized spacial score (nSPS) is 37.4. The van der Waals surface area contributed by atoms with Gasteiger partial charge in [0.25, 0.3) is 22.5 Å². The molecule has 16 heavy (non-hydrogen) atoms. The summed E-state index contributed by atoms with van der Waals surface area (Å²) in [6, 6.07) is 0. The summed E-state index contributed by atoms with van der Waals surface area (Å²) in [5.41, 5.74) is 0. The molecule has 1 heterocycles. The molecule has 0 spiro atoms. The van der Waals surface area contributed by atoms with E-state index >= 15 is 0 Å². The minimum absolute atomic E-state index is 0.937. The van der Waals surface area contributed by atoms with Gasteiger partial charge < -0.3 is 0 Å². The van der Waals surface area contributed by atoms with E-state index < -0.39 is 40.7 Å². The number of rotatable bonds is 0. The molecule has 0 aromatic carbocycles. The Morgan fingerprint density at radius 3 is 1.44 bits per heavy atom. The second-order valence-corrected chi connectivity index (χ2v) is 4.27. The molecule has 1 rings (SSSR count). The molecule has 96 valence electrons. The third-order valence-electron chi connectivity index (χ3n) is 1.23. The molecule has 1 fully saturated rings. The van der Waals surface area contributed by atoms with Gasteiger partial charge in [-0.1, -0.05) is 0 Å². The van der Waals surface area contributed by atoms with Gasteiger partial charge in [-0.25, -0.2) is 16.8 Å². The third-order valence-corrected chi connectivity index (χ3v) is 3.04. The Labute approximate surface area is 88.7 Å². The van der Waals surface area contributed by atoms with E-state index in [-0.39, 0.29) is 0 Å². The SMILES string of the molecule is O=S1NS(=O)OC(F)(F)C(F)(F)C(F)(F)O1. The largest absolute Gasteiger partial charge is 0.441 e. The Bertz CT molecular complexity index is 317. The average Bonchev–Trinajstić information content (AvgIpc) is 1.98. The van der Waals surface area contributed by atoms with Crippen LogP contribution < -0.4 is 4.13 Å². The molecule has 0 amide bonds. The van der Waals surface area contributed by atoms with Crippen molar-refractivity contribution >= 4 is 22.5 Å². The van der Waals surface area contributed by atoms with Crippen LogP contribution in [0.2, 0.25) is 0 Å². The molecular formula is C3HF6NO4S2. The highest BCUT2D eigenvalue weighted by molar-refractivity contribution is 7.93. The van der Waals surface area contributed by atoms with E-state index in [4.69, 9.17) is 0 Å². The molecule has 1 N–H and O–H groups in total. The minimum atomic E-state index is -6.13. The van der Waals surface area contributed by atoms with Crippen molar-refractivity contribution in [1.29, 1.82) is 0 Å². The highest BCUT2D eigenvalue weighted by Gasteiger charge is 2.77. The number of alkyl halides is 6. The Kier molecular flexibility index (Phi) is 3.37. The van der Waals surface area contributed by atoms with Crippen molar-refractivity contribution in [2.45, 2.75) is 18.1 Å². The van der Waals surface area contributed by atoms with E-state index in [9.17, 15) is 34.8 Å². The van der Waals surface area contributed by atoms with Gasteiger partial charge in [0.1, 0.15) is 0 Å². The van der Waals surface area contributed by atoms with Gasteiger partial charge in [-0.15, -0.1) is 4.13 Å². The van der Waals surface area contributed by atoms with E-state index in [0.29, 0.717) is 0 Å². The van der Waals surface area contributed by atoms with Crippen LogP contribution in [0.5, 0.6) is 0 Å². The molecule has 0 saturated carbocycles. The molecule has 2 atom stereocenters. The molecule has 1 saturated heterocycles. The van der Waals surface area contributed by atoms with Crippen LogP contribution in [0.3, 0.4) is 0 Å². The average molecular weight is 293 g/mol. The zero-order valence-electron chi connectivity index (χ0n) is 6.72. The van der Waals surface area contributed by atoms with Crippen molar-refractivity contribution in [2.75, 3.05) is 0 Å². The Balaban J connectivity index is 3.18. The van der Waals surface area contributed by atoms with Gasteiger partial charge in [-0.3, -0.25) is 0 Å². The maximum Gasteiger partial charge on any atom is 0.441 e. The topological polar surface area (TPSA) is 64.6 Å². The van der Waals surface area contributed by atoms with Crippen molar-refractivity contribution in [3.05, 3.63) is 0 Å². The molecular weight excluding hydrogens is 292 g/mol. The van der Waals surface area contributed by atoms with Crippen LogP contribution in [0.4, 0.5) is 26.3 Å². The summed E-state index contributed by atoms with van der Waals surface area (Å²) in [5, 5.41) is 0. The predicted molar refractivity (Wildman–Crippen MR) is 36.4 cm³/mol. The van der Waals surface area contributed by atoms with Gasteiger partial charge in [0.2, 0.25) is 0 Å². The first-order chi connectivity index (χ1) is 6.99. The summed E-state index contributed by atoms with van der Waals surface area (Å²) in [4.78, 5) is 0. The van der Waals surface area contributed by atoms with E-state index in [1.807, 2.05) is 0 Å². The van der Waals surface area contributed by atoms with Gasteiger partial charge in [-0.05, 0) is 0 Å². The Hall–Kier alpha value is -0.240. The quantitative estimate of drug-likeness (QED) is 0.664. The van der Waals surface area contributed by atoms with Crippen molar-refractivity contribution in [3.63, 3.8) is 0 Å². The molecule has 13 heteroatoms. The van der Waals surface area contributed by atoms with Crippen molar-refractivity contribution in [2.24, 2.45) is 0 Å². The lowest BCUT2D eigenvalue weighted by atomic mass is 10.3. The summed E-state index contributed by atoms with van der Waals surface area (Å²) in [5.74, 6) is -6.13. The van der Waals surface area contributed by atoms with Crippen LogP contribution in [0, 0.1) is 0 Å². The zero-order valence-corrected chi connectivity index (χ0v) is 8.35. The van der Waals surface area contributed by atoms with Gasteiger partial charge in [0.15, 0.2) is 0 Å². The van der Waals surface area contributed by atoms with Crippen LogP contribution in [0.1, 0.15) is 0 Å². The third kappa shape index (κ3) is 2.22. The first-order valence-electron chi connectivity index (χ1n) is 3.12. The standard InChI is InChI=1S/C3HF6NO4S2/c4-1(5)2(6,7)13-15(11)10-16(12)14-3(1,8)9/h10H. The predicted octanol–water partition coefficient (Wildman–Crippen LogP) is 0.601. The second-order valence-electron chi connectivity index (χ2n) is 2.33. The fourth-order valence-corrected chi connectivity index (χ4v) is 1.86. The molecule has 2 unspecified atom stereocenters. The lowest BCUT2D eigenvalue weighted by Gasteiger charge is -2.31. The Morgan fingerprint density at radius 1 is 0.812 bits per heavy atom. The molecule has 1 aliphatic rings. The summed E-state index contributed by atoms with van der Waals surface area (Å²) in [6.07, 6.45) is -11.5. The number of hydrogen-bond acceptors (Lipinski definition) is 4. The molecule has 0 bridgehead atoms. The summed E-state index contributed by atoms with van der Waals surface area (Å²) in [7, 11) is 0. The van der Waals surface area contributed by atoms with E-state index in [2.05, 4.69) is 8.37 Å². The van der Waals surface area contributed by atoms with Gasteiger partial charge >= 0.3 is 18.1 Å². The second kappa shape index (κ2) is 3.90. The smallest absolute Gasteiger partial charge is 0.210 e. The van der Waals surface area contributed by atoms with Gasteiger partial charge in [0, 0.05) is 0 Å². The maximum absolute atomic E-state index is 12.5. The molecule has 0 radical (unpaired) electrons. The highest BCUT2D eigenvalue weighted by atomic mass is 32.3. The Morgan fingerprint density at radius 2 is 1.12 bits per heavy atom. The fourth-order valence-electron chi connectivity index (χ4n) is 0.554. The van der Waals surface area contributed by atoms with E-state index in [1.54, 1.807) is 0 Å². The minimum Gasteiger partial charge on any atom is -0.210 e. The monoisotopic (exact) mass is 293 g/mol. The maximum atomic E-state index is 12.5. The van der Waals surface area contributed by atoms with E-state index in [0.717, 1.165) is 4.13 Å². The number of halogens is 6. The van der Waals surface area contributed by atoms with Gasteiger partial charge in [-0.2, -0.15) is 26.3 Å². The van der Waals surface area contributed by atoms with Crippen LogP contribution in [0.25, 0.3) is 0 Å². The van der Waals surface area contributed by atoms with Crippen LogP contribution in [-0.4, -0.2) is 26.6 Å². The first kappa shape index (κ1) is 13.8. The molecule has 1 aliphatic heterocycles. The summed E-state index contributed by atoms with van der Waals surface area (Å²) >= 11 is -6.77. The van der Waals surface area contributed by atoms with Crippen LogP contribution in [0.15, 0.2) is 0 Å². The molecule has 0 aromatic heterocycles. The molecule has 0 aliphatic carbocycles. The van der Waals surface area contributed by atoms with E-state index in [1.165, 1.54) is 0 Å². The zero-order chi connectivity index (χ0) is 12.8. The summed E-state index contributed by atoms with van der Waals surface area (Å²) in [6.45, 7) is 0. The first-order valence-corrected chi connectivity index (χ1v) is 5.27. The van der Waals surface area contributed by atoms with Crippen molar-refractivity contribution in [1.82, 2.24) is 4.13 Å². The van der Waals surface area contributed by atoms with Crippen molar-refractivity contribution in [3.8, 4) is 0 Å². The molecule has 0 aromatic rings. The highest BCUT2D eigenvalue weighted by Crippen LogP contribution is 2.48.